The summed E-state index contributed by atoms with van der Waals surface area (Å²) < 4.78 is 8.15. The molecule has 3 aromatic rings. The van der Waals surface area contributed by atoms with Gasteiger partial charge in [-0.1, -0.05) is 78.1 Å². The second-order valence-electron chi connectivity index (χ2n) is 8.33. The number of benzene rings is 2. The van der Waals surface area contributed by atoms with Gasteiger partial charge in [0, 0.05) is 12.1 Å². The Bertz CT molecular complexity index is 1410. The first-order valence-corrected chi connectivity index (χ1v) is 13.3. The number of fused-ring (bicyclic) bond motifs is 1. The molecule has 3 heterocycles. The van der Waals surface area contributed by atoms with Crippen LogP contribution in [-0.4, -0.2) is 37.3 Å². The molecule has 0 saturated heterocycles. The number of ether oxygens (including phenoxy) is 1. The summed E-state index contributed by atoms with van der Waals surface area (Å²) in [5.41, 5.74) is 3.15. The van der Waals surface area contributed by atoms with E-state index in [9.17, 15) is 4.79 Å². The van der Waals surface area contributed by atoms with Crippen molar-refractivity contribution in [2.24, 2.45) is 15.9 Å². The van der Waals surface area contributed by atoms with E-state index in [-0.39, 0.29) is 18.4 Å². The maximum atomic E-state index is 12.6. The molecule has 1 atom stereocenters. The summed E-state index contributed by atoms with van der Waals surface area (Å²) in [7, 11) is 0. The van der Waals surface area contributed by atoms with Crippen molar-refractivity contribution in [3.8, 4) is 16.9 Å². The van der Waals surface area contributed by atoms with Crippen LogP contribution in [0.1, 0.15) is 19.7 Å². The van der Waals surface area contributed by atoms with E-state index in [0.29, 0.717) is 29.1 Å². The van der Waals surface area contributed by atoms with E-state index >= 15 is 0 Å². The molecule has 0 saturated carbocycles. The van der Waals surface area contributed by atoms with Gasteiger partial charge in [0.25, 0.3) is 5.91 Å². The number of nitrogens with zero attached hydrogens (tertiary/aromatic N) is 5. The first kappa shape index (κ1) is 24.3. The highest BCUT2D eigenvalue weighted by Crippen LogP contribution is 2.40. The first-order valence-electron chi connectivity index (χ1n) is 11.5. The molecule has 0 N–H and O–H groups in total. The molecule has 2 aliphatic rings. The molecule has 9 heteroatoms. The van der Waals surface area contributed by atoms with Crippen LogP contribution >= 0.6 is 23.5 Å². The number of amidine groups is 1. The van der Waals surface area contributed by atoms with Crippen molar-refractivity contribution >= 4 is 40.3 Å². The number of aromatic nitrogens is 3. The van der Waals surface area contributed by atoms with Crippen molar-refractivity contribution in [3.63, 3.8) is 0 Å². The summed E-state index contributed by atoms with van der Waals surface area (Å²) in [6.45, 7) is 8.66. The summed E-state index contributed by atoms with van der Waals surface area (Å²) >= 11 is 3.01. The van der Waals surface area contributed by atoms with E-state index in [1.54, 1.807) is 17.8 Å². The summed E-state index contributed by atoms with van der Waals surface area (Å²) in [6, 6.07) is 18.1. The van der Waals surface area contributed by atoms with Crippen LogP contribution in [0, 0.1) is 5.92 Å². The molecule has 0 spiro atoms. The van der Waals surface area contributed by atoms with Gasteiger partial charge in [-0.05, 0) is 36.0 Å². The molecule has 182 valence electrons. The van der Waals surface area contributed by atoms with Crippen LogP contribution in [0.15, 0.2) is 92.9 Å². The molecule has 0 fully saturated rings. The summed E-state index contributed by atoms with van der Waals surface area (Å²) in [5.74, 6) is 1.95. The lowest BCUT2D eigenvalue weighted by molar-refractivity contribution is -0.118. The fourth-order valence-electron chi connectivity index (χ4n) is 4.04. The van der Waals surface area contributed by atoms with Gasteiger partial charge >= 0.3 is 0 Å². The zero-order valence-corrected chi connectivity index (χ0v) is 21.7. The molecule has 2 aromatic carbocycles. The second kappa shape index (κ2) is 10.7. The Balaban J connectivity index is 1.29. The minimum absolute atomic E-state index is 0.142. The monoisotopic (exact) mass is 515 g/mol. The van der Waals surface area contributed by atoms with E-state index in [1.807, 2.05) is 60.9 Å². The average Bonchev–Trinajstić information content (AvgIpc) is 3.41. The first-order chi connectivity index (χ1) is 17.5. The number of hydrogen-bond acceptors (Lipinski definition) is 7. The minimum Gasteiger partial charge on any atom is -0.485 e. The maximum absolute atomic E-state index is 12.6. The Kier molecular flexibility index (Phi) is 7.20. The van der Waals surface area contributed by atoms with Gasteiger partial charge in [0.2, 0.25) is 0 Å². The third kappa shape index (κ3) is 4.94. The highest BCUT2D eigenvalue weighted by molar-refractivity contribution is 8.17. The molecule has 0 radical (unpaired) electrons. The second-order valence-corrected chi connectivity index (χ2v) is 10.5. The van der Waals surface area contributed by atoms with E-state index in [0.717, 1.165) is 32.4 Å². The number of amides is 1. The number of thioether (sulfide) groups is 2. The summed E-state index contributed by atoms with van der Waals surface area (Å²) in [4.78, 5) is 22.6. The van der Waals surface area contributed by atoms with E-state index in [4.69, 9.17) is 4.74 Å². The smallest absolute Gasteiger partial charge is 0.261 e. The molecule has 1 unspecified atom stereocenters. The van der Waals surface area contributed by atoms with Gasteiger partial charge in [-0.15, -0.1) is 16.8 Å². The molecule has 7 nitrogen and oxygen atoms in total. The molecule has 0 bridgehead atoms. The van der Waals surface area contributed by atoms with Gasteiger partial charge < -0.3 is 4.74 Å². The van der Waals surface area contributed by atoms with Crippen LogP contribution < -0.4 is 4.74 Å². The van der Waals surface area contributed by atoms with Crippen LogP contribution in [0.25, 0.3) is 11.1 Å². The molecular formula is C27H25N5O2S2. The van der Waals surface area contributed by atoms with E-state index in [1.165, 1.54) is 11.8 Å². The van der Waals surface area contributed by atoms with Gasteiger partial charge in [-0.3, -0.25) is 9.36 Å². The van der Waals surface area contributed by atoms with Crippen LogP contribution in [0.4, 0.5) is 0 Å². The van der Waals surface area contributed by atoms with E-state index in [2.05, 4.69) is 38.9 Å². The Morgan fingerprint density at radius 1 is 1.08 bits per heavy atom. The van der Waals surface area contributed by atoms with Gasteiger partial charge in [0.15, 0.2) is 11.0 Å². The van der Waals surface area contributed by atoms with Gasteiger partial charge in [0.05, 0.1) is 10.8 Å². The third-order valence-electron chi connectivity index (χ3n) is 5.98. The van der Waals surface area contributed by atoms with Gasteiger partial charge in [0.1, 0.15) is 24.1 Å². The molecular weight excluding hydrogens is 490 g/mol. The van der Waals surface area contributed by atoms with Crippen LogP contribution in [0.3, 0.4) is 0 Å². The Labute approximate surface area is 218 Å². The largest absolute Gasteiger partial charge is 0.485 e. The van der Waals surface area contributed by atoms with Crippen molar-refractivity contribution in [3.05, 3.63) is 83.6 Å². The minimum atomic E-state index is -0.310. The van der Waals surface area contributed by atoms with Crippen molar-refractivity contribution in [1.29, 1.82) is 0 Å². The van der Waals surface area contributed by atoms with Crippen LogP contribution in [-0.2, 0) is 17.9 Å². The molecule has 36 heavy (non-hydrogen) atoms. The fourth-order valence-corrected chi connectivity index (χ4v) is 6.00. The number of hydrogen-bond donors (Lipinski definition) is 0. The normalized spacial score (nSPS) is 17.1. The molecule has 1 amide bonds. The highest BCUT2D eigenvalue weighted by Gasteiger charge is 2.36. The van der Waals surface area contributed by atoms with Crippen molar-refractivity contribution in [1.82, 2.24) is 14.8 Å². The third-order valence-corrected chi connectivity index (χ3v) is 8.11. The molecule has 5 rings (SSSR count). The van der Waals surface area contributed by atoms with Crippen LogP contribution in [0.5, 0.6) is 5.75 Å². The predicted molar refractivity (Wildman–Crippen MR) is 146 cm³/mol. The van der Waals surface area contributed by atoms with E-state index < -0.39 is 0 Å². The lowest BCUT2D eigenvalue weighted by Gasteiger charge is -2.15. The number of allylic oxidation sites excluding steroid dienone is 2. The fraction of sp³-hybridized carbons (Fsp3) is 0.222. The zero-order valence-electron chi connectivity index (χ0n) is 20.0. The Hall–Kier alpha value is -3.43. The quantitative estimate of drug-likeness (QED) is 0.265. The maximum Gasteiger partial charge on any atom is 0.261 e. The standard InChI is InChI=1S/C27H25N5O2S2/c1-4-14-32-23(15-34-21-13-9-8-12-20(21)19-10-6-5-7-11-19)30-31-27(32)35-16-22-28-25(33)24-17(2)18(3)36-26(24)29-22/h4-13,24H,1,14-16H2,2-3H3. The topological polar surface area (TPSA) is 81.7 Å². The summed E-state index contributed by atoms with van der Waals surface area (Å²) in [6.07, 6.45) is 1.80. The number of para-hydroxylation sites is 1. The van der Waals surface area contributed by atoms with Gasteiger partial charge in [-0.2, -0.15) is 4.99 Å². The summed E-state index contributed by atoms with van der Waals surface area (Å²) in [5, 5.41) is 10.3. The number of aliphatic imine (C=N–C) groups is 2. The lowest BCUT2D eigenvalue weighted by Crippen LogP contribution is -2.25. The molecule has 0 aliphatic carbocycles. The lowest BCUT2D eigenvalue weighted by atomic mass is 10.0. The Morgan fingerprint density at radius 3 is 2.67 bits per heavy atom. The average molecular weight is 516 g/mol. The number of rotatable bonds is 9. The zero-order chi connectivity index (χ0) is 25.1. The number of carbonyl (C=O) groups is 1. The number of carbonyl (C=O) groups excluding carboxylic acids is 1. The highest BCUT2D eigenvalue weighted by atomic mass is 32.2. The van der Waals surface area contributed by atoms with Crippen molar-refractivity contribution < 1.29 is 9.53 Å². The molecule has 1 aromatic heterocycles. The predicted octanol–water partition coefficient (Wildman–Crippen LogP) is 5.80. The van der Waals surface area contributed by atoms with Crippen LogP contribution in [0.2, 0.25) is 0 Å². The Morgan fingerprint density at radius 2 is 1.86 bits per heavy atom. The van der Waals surface area contributed by atoms with Crippen molar-refractivity contribution in [2.45, 2.75) is 32.2 Å². The van der Waals surface area contributed by atoms with Crippen molar-refractivity contribution in [2.75, 3.05) is 5.75 Å². The SMILES string of the molecule is C=CCn1c(COc2ccccc2-c2ccccc2)nnc1SCC1=NC(=O)C2C(=N1)SC(C)=C2C. The molecule has 2 aliphatic heterocycles. The van der Waals surface area contributed by atoms with Gasteiger partial charge in [-0.25, -0.2) is 4.99 Å².